The van der Waals surface area contributed by atoms with Gasteiger partial charge in [0.05, 0.1) is 25.7 Å². The standard InChI is InChI=1S/C26H24ClN5O3S/c1-17(18-9-12-20(27)13-10-18)28-29-24(33)16-36-26-31-30-25(32(26)21-7-5-4-6-8-21)19-11-14-22(34-2)23(15-19)35-3/h4-15H,16H2,1-3H3,(H,29,33). The highest BCUT2D eigenvalue weighted by molar-refractivity contribution is 7.99. The molecule has 1 N–H and O–H groups in total. The van der Waals surface area contributed by atoms with Crippen LogP contribution < -0.4 is 14.9 Å². The van der Waals surface area contributed by atoms with E-state index in [1.165, 1.54) is 11.8 Å². The largest absolute Gasteiger partial charge is 0.493 e. The molecular weight excluding hydrogens is 498 g/mol. The summed E-state index contributed by atoms with van der Waals surface area (Å²) in [6, 6.07) is 22.5. The van der Waals surface area contributed by atoms with Gasteiger partial charge in [0.1, 0.15) is 0 Å². The number of carbonyl (C=O) groups is 1. The van der Waals surface area contributed by atoms with E-state index in [0.717, 1.165) is 16.8 Å². The highest BCUT2D eigenvalue weighted by Gasteiger charge is 2.18. The van der Waals surface area contributed by atoms with E-state index in [1.54, 1.807) is 26.4 Å². The third-order valence-corrected chi connectivity index (χ3v) is 6.41. The van der Waals surface area contributed by atoms with Crippen LogP contribution in [0.4, 0.5) is 0 Å². The number of hydrogen-bond donors (Lipinski definition) is 1. The lowest BCUT2D eigenvalue weighted by Gasteiger charge is -2.12. The highest BCUT2D eigenvalue weighted by atomic mass is 35.5. The molecule has 3 aromatic carbocycles. The minimum Gasteiger partial charge on any atom is -0.493 e. The van der Waals surface area contributed by atoms with E-state index in [0.29, 0.717) is 33.2 Å². The molecule has 8 nitrogen and oxygen atoms in total. The normalized spacial score (nSPS) is 11.3. The lowest BCUT2D eigenvalue weighted by molar-refractivity contribution is -0.118. The van der Waals surface area contributed by atoms with Crippen molar-refractivity contribution in [3.63, 3.8) is 0 Å². The number of rotatable bonds is 9. The van der Waals surface area contributed by atoms with E-state index in [-0.39, 0.29) is 11.7 Å². The number of benzene rings is 3. The fraction of sp³-hybridized carbons (Fsp3) is 0.154. The molecule has 184 valence electrons. The van der Waals surface area contributed by atoms with Crippen LogP contribution >= 0.6 is 23.4 Å². The summed E-state index contributed by atoms with van der Waals surface area (Å²) in [4.78, 5) is 12.5. The molecule has 0 aliphatic rings. The number of halogens is 1. The minimum atomic E-state index is -0.261. The molecule has 0 saturated heterocycles. The van der Waals surface area contributed by atoms with Gasteiger partial charge in [0.25, 0.3) is 5.91 Å². The Morgan fingerprint density at radius 2 is 1.72 bits per heavy atom. The van der Waals surface area contributed by atoms with Crippen LogP contribution in [0.25, 0.3) is 17.1 Å². The van der Waals surface area contributed by atoms with Gasteiger partial charge in [-0.15, -0.1) is 10.2 Å². The van der Waals surface area contributed by atoms with Gasteiger partial charge >= 0.3 is 0 Å². The average Bonchev–Trinajstić information content (AvgIpc) is 3.35. The summed E-state index contributed by atoms with van der Waals surface area (Å²) in [6.45, 7) is 1.82. The van der Waals surface area contributed by atoms with Gasteiger partial charge in [-0.1, -0.05) is 53.7 Å². The Bertz CT molecular complexity index is 1370. The molecule has 10 heteroatoms. The fourth-order valence-corrected chi connectivity index (χ4v) is 4.27. The van der Waals surface area contributed by atoms with Gasteiger partial charge in [0.15, 0.2) is 22.5 Å². The minimum absolute atomic E-state index is 0.105. The van der Waals surface area contributed by atoms with Crippen molar-refractivity contribution in [2.45, 2.75) is 12.1 Å². The molecule has 0 radical (unpaired) electrons. The van der Waals surface area contributed by atoms with Crippen molar-refractivity contribution >= 4 is 35.0 Å². The van der Waals surface area contributed by atoms with Gasteiger partial charge in [-0.2, -0.15) is 5.10 Å². The lowest BCUT2D eigenvalue weighted by Crippen LogP contribution is -2.21. The topological polar surface area (TPSA) is 90.6 Å². The number of hydrazone groups is 1. The van der Waals surface area contributed by atoms with Crippen LogP contribution in [0.15, 0.2) is 83.1 Å². The molecule has 4 rings (SSSR count). The van der Waals surface area contributed by atoms with Crippen LogP contribution in [-0.2, 0) is 4.79 Å². The molecule has 0 unspecified atom stereocenters. The molecular formula is C26H24ClN5O3S. The Morgan fingerprint density at radius 1 is 1.00 bits per heavy atom. The summed E-state index contributed by atoms with van der Waals surface area (Å²) in [5.74, 6) is 1.66. The van der Waals surface area contributed by atoms with Crippen molar-refractivity contribution in [3.8, 4) is 28.6 Å². The zero-order valence-electron chi connectivity index (χ0n) is 19.9. The number of aromatic nitrogens is 3. The predicted molar refractivity (Wildman–Crippen MR) is 142 cm³/mol. The van der Waals surface area contributed by atoms with Gasteiger partial charge in [-0.3, -0.25) is 9.36 Å². The summed E-state index contributed by atoms with van der Waals surface area (Å²) < 4.78 is 12.7. The average molecular weight is 522 g/mol. The van der Waals surface area contributed by atoms with Crippen LogP contribution in [-0.4, -0.2) is 46.4 Å². The Morgan fingerprint density at radius 3 is 2.42 bits per heavy atom. The molecule has 1 aromatic heterocycles. The Hall–Kier alpha value is -3.82. The molecule has 1 heterocycles. The van der Waals surface area contributed by atoms with Gasteiger partial charge < -0.3 is 9.47 Å². The van der Waals surface area contributed by atoms with Gasteiger partial charge in [-0.25, -0.2) is 5.43 Å². The number of carbonyl (C=O) groups excluding carboxylic acids is 1. The number of ether oxygens (including phenoxy) is 2. The van der Waals surface area contributed by atoms with Gasteiger partial charge in [0.2, 0.25) is 0 Å². The quantitative estimate of drug-likeness (QED) is 0.184. The second-order valence-corrected chi connectivity index (χ2v) is 8.95. The Labute approximate surface area is 218 Å². The molecule has 0 aliphatic carbocycles. The number of methoxy groups -OCH3 is 2. The SMILES string of the molecule is COc1ccc(-c2nnc(SCC(=O)NN=C(C)c3ccc(Cl)cc3)n2-c2ccccc2)cc1OC. The van der Waals surface area contributed by atoms with Gasteiger partial charge in [-0.05, 0) is 55.0 Å². The summed E-state index contributed by atoms with van der Waals surface area (Å²) in [5, 5.41) is 14.2. The lowest BCUT2D eigenvalue weighted by atomic mass is 10.1. The van der Waals surface area contributed by atoms with Crippen molar-refractivity contribution < 1.29 is 14.3 Å². The number of hydrogen-bond acceptors (Lipinski definition) is 7. The first-order chi connectivity index (χ1) is 17.5. The third kappa shape index (κ3) is 5.87. The molecule has 0 saturated carbocycles. The van der Waals surface area contributed by atoms with Crippen molar-refractivity contribution in [1.29, 1.82) is 0 Å². The number of amides is 1. The Balaban J connectivity index is 1.55. The van der Waals surface area contributed by atoms with Gasteiger partial charge in [0, 0.05) is 16.3 Å². The van der Waals surface area contributed by atoms with E-state index in [4.69, 9.17) is 21.1 Å². The summed E-state index contributed by atoms with van der Waals surface area (Å²) in [6.07, 6.45) is 0. The van der Waals surface area contributed by atoms with E-state index in [2.05, 4.69) is 20.7 Å². The number of thioether (sulfide) groups is 1. The van der Waals surface area contributed by atoms with Crippen LogP contribution in [0.5, 0.6) is 11.5 Å². The number of nitrogens with zero attached hydrogens (tertiary/aromatic N) is 4. The molecule has 4 aromatic rings. The van der Waals surface area contributed by atoms with Crippen LogP contribution in [0.3, 0.4) is 0 Å². The van der Waals surface area contributed by atoms with E-state index >= 15 is 0 Å². The second kappa shape index (κ2) is 11.7. The van der Waals surface area contributed by atoms with Crippen LogP contribution in [0, 0.1) is 0 Å². The smallest absolute Gasteiger partial charge is 0.250 e. The molecule has 36 heavy (non-hydrogen) atoms. The maximum atomic E-state index is 12.5. The molecule has 0 aliphatic heterocycles. The Kier molecular flexibility index (Phi) is 8.24. The van der Waals surface area contributed by atoms with Crippen molar-refractivity contribution in [3.05, 3.63) is 83.4 Å². The maximum absolute atomic E-state index is 12.5. The third-order valence-electron chi connectivity index (χ3n) is 5.23. The molecule has 1 amide bonds. The van der Waals surface area contributed by atoms with E-state index in [1.807, 2.05) is 72.2 Å². The molecule has 0 bridgehead atoms. The first kappa shape index (κ1) is 25.3. The first-order valence-corrected chi connectivity index (χ1v) is 12.3. The van der Waals surface area contributed by atoms with Crippen molar-refractivity contribution in [1.82, 2.24) is 20.2 Å². The summed E-state index contributed by atoms with van der Waals surface area (Å²) >= 11 is 7.20. The van der Waals surface area contributed by atoms with Crippen LogP contribution in [0.1, 0.15) is 12.5 Å². The number of para-hydroxylation sites is 1. The van der Waals surface area contributed by atoms with Crippen molar-refractivity contribution in [2.75, 3.05) is 20.0 Å². The first-order valence-electron chi connectivity index (χ1n) is 10.9. The fourth-order valence-electron chi connectivity index (χ4n) is 3.40. The molecule has 0 spiro atoms. The molecule has 0 atom stereocenters. The van der Waals surface area contributed by atoms with Crippen LogP contribution in [0.2, 0.25) is 5.02 Å². The van der Waals surface area contributed by atoms with E-state index < -0.39 is 0 Å². The zero-order valence-corrected chi connectivity index (χ0v) is 21.5. The number of nitrogens with one attached hydrogen (secondary N) is 1. The summed E-state index contributed by atoms with van der Waals surface area (Å²) in [7, 11) is 3.17. The zero-order chi connectivity index (χ0) is 25.5. The second-order valence-electron chi connectivity index (χ2n) is 7.57. The predicted octanol–water partition coefficient (Wildman–Crippen LogP) is 5.24. The molecule has 0 fully saturated rings. The highest BCUT2D eigenvalue weighted by Crippen LogP contribution is 2.34. The monoisotopic (exact) mass is 521 g/mol. The van der Waals surface area contributed by atoms with Crippen molar-refractivity contribution in [2.24, 2.45) is 5.10 Å². The van der Waals surface area contributed by atoms with E-state index in [9.17, 15) is 4.79 Å². The maximum Gasteiger partial charge on any atom is 0.250 e. The summed E-state index contributed by atoms with van der Waals surface area (Å²) in [5.41, 5.74) is 5.81.